The second-order valence-corrected chi connectivity index (χ2v) is 5.07. The van der Waals surface area contributed by atoms with E-state index in [9.17, 15) is 9.90 Å². The van der Waals surface area contributed by atoms with Crippen LogP contribution in [0.4, 0.5) is 0 Å². The first-order valence-corrected chi connectivity index (χ1v) is 6.35. The van der Waals surface area contributed by atoms with Crippen LogP contribution in [0.15, 0.2) is 0 Å². The Labute approximate surface area is 99.6 Å². The fourth-order valence-corrected chi connectivity index (χ4v) is 1.62. The highest BCUT2D eigenvalue weighted by Gasteiger charge is 2.27. The zero-order valence-corrected chi connectivity index (χ0v) is 11.3. The van der Waals surface area contributed by atoms with Crippen molar-refractivity contribution in [1.82, 2.24) is 5.32 Å². The van der Waals surface area contributed by atoms with Crippen LogP contribution in [-0.2, 0) is 4.79 Å². The van der Waals surface area contributed by atoms with E-state index in [-0.39, 0.29) is 17.7 Å². The van der Waals surface area contributed by atoms with E-state index in [4.69, 9.17) is 0 Å². The van der Waals surface area contributed by atoms with Crippen molar-refractivity contribution in [1.29, 1.82) is 0 Å². The van der Waals surface area contributed by atoms with Gasteiger partial charge in [0.2, 0.25) is 5.91 Å². The van der Waals surface area contributed by atoms with Crippen molar-refractivity contribution in [2.24, 2.45) is 11.8 Å². The molecule has 0 heterocycles. The average molecular weight is 229 g/mol. The van der Waals surface area contributed by atoms with Gasteiger partial charge < -0.3 is 10.4 Å². The summed E-state index contributed by atoms with van der Waals surface area (Å²) in [6, 6.07) is 0. The molecule has 0 aromatic carbocycles. The molecule has 3 atom stereocenters. The predicted molar refractivity (Wildman–Crippen MR) is 67.2 cm³/mol. The third-order valence-electron chi connectivity index (χ3n) is 3.46. The van der Waals surface area contributed by atoms with Gasteiger partial charge in [0.05, 0.1) is 5.60 Å². The number of nitrogens with one attached hydrogen (secondary N) is 1. The number of hydrogen-bond donors (Lipinski definition) is 2. The van der Waals surface area contributed by atoms with E-state index in [0.717, 1.165) is 19.3 Å². The summed E-state index contributed by atoms with van der Waals surface area (Å²) in [4.78, 5) is 11.7. The Morgan fingerprint density at radius 2 is 1.94 bits per heavy atom. The summed E-state index contributed by atoms with van der Waals surface area (Å²) in [6.45, 7) is 10.2. The normalized spacial score (nSPS) is 18.6. The highest BCUT2D eigenvalue weighted by atomic mass is 16.3. The third-order valence-corrected chi connectivity index (χ3v) is 3.46. The van der Waals surface area contributed by atoms with Crippen molar-refractivity contribution in [2.75, 3.05) is 6.54 Å². The van der Waals surface area contributed by atoms with E-state index >= 15 is 0 Å². The van der Waals surface area contributed by atoms with Crippen molar-refractivity contribution in [2.45, 2.75) is 59.5 Å². The molecule has 0 fully saturated rings. The van der Waals surface area contributed by atoms with Gasteiger partial charge in [-0.25, -0.2) is 0 Å². The van der Waals surface area contributed by atoms with Crippen LogP contribution < -0.4 is 5.32 Å². The second-order valence-electron chi connectivity index (χ2n) is 5.07. The molecule has 0 spiro atoms. The minimum Gasteiger partial charge on any atom is -0.388 e. The molecule has 0 aliphatic heterocycles. The van der Waals surface area contributed by atoms with Gasteiger partial charge in [-0.15, -0.1) is 0 Å². The van der Waals surface area contributed by atoms with Gasteiger partial charge in [-0.1, -0.05) is 40.5 Å². The van der Waals surface area contributed by atoms with Gasteiger partial charge >= 0.3 is 0 Å². The first-order valence-electron chi connectivity index (χ1n) is 6.35. The van der Waals surface area contributed by atoms with Crippen LogP contribution in [0.1, 0.15) is 53.9 Å². The van der Waals surface area contributed by atoms with Crippen LogP contribution in [0, 0.1) is 11.8 Å². The van der Waals surface area contributed by atoms with E-state index in [2.05, 4.69) is 12.2 Å². The highest BCUT2D eigenvalue weighted by molar-refractivity contribution is 5.78. The molecule has 0 aromatic rings. The van der Waals surface area contributed by atoms with Crippen molar-refractivity contribution < 1.29 is 9.90 Å². The maximum absolute atomic E-state index is 11.7. The number of carbonyl (C=O) groups excluding carboxylic acids is 1. The zero-order valence-electron chi connectivity index (χ0n) is 11.3. The van der Waals surface area contributed by atoms with E-state index in [0.29, 0.717) is 6.54 Å². The predicted octanol–water partition coefficient (Wildman–Crippen LogP) is 2.34. The van der Waals surface area contributed by atoms with Crippen LogP contribution in [-0.4, -0.2) is 23.2 Å². The summed E-state index contributed by atoms with van der Waals surface area (Å²) in [5.41, 5.74) is -0.809. The number of carbonyl (C=O) groups is 1. The minimum atomic E-state index is -0.809. The summed E-state index contributed by atoms with van der Waals surface area (Å²) in [5, 5.41) is 13.0. The van der Waals surface area contributed by atoms with Crippen molar-refractivity contribution in [3.63, 3.8) is 0 Å². The van der Waals surface area contributed by atoms with Gasteiger partial charge in [-0.3, -0.25) is 4.79 Å². The topological polar surface area (TPSA) is 49.3 Å². The number of aliphatic hydroxyl groups is 1. The first kappa shape index (κ1) is 15.4. The van der Waals surface area contributed by atoms with Gasteiger partial charge in [-0.05, 0) is 19.3 Å². The molecule has 0 saturated carbocycles. The fraction of sp³-hybridized carbons (Fsp3) is 0.923. The molecule has 0 aliphatic rings. The summed E-state index contributed by atoms with van der Waals surface area (Å²) < 4.78 is 0. The van der Waals surface area contributed by atoms with Crippen LogP contribution in [0.5, 0.6) is 0 Å². The number of rotatable bonds is 7. The molecule has 0 bridgehead atoms. The quantitative estimate of drug-likeness (QED) is 0.704. The van der Waals surface area contributed by atoms with E-state index < -0.39 is 5.60 Å². The summed E-state index contributed by atoms with van der Waals surface area (Å²) in [7, 11) is 0. The lowest BCUT2D eigenvalue weighted by Gasteiger charge is -2.30. The van der Waals surface area contributed by atoms with Gasteiger partial charge in [0.25, 0.3) is 0 Å². The summed E-state index contributed by atoms with van der Waals surface area (Å²) >= 11 is 0. The molecule has 0 radical (unpaired) electrons. The van der Waals surface area contributed by atoms with Crippen LogP contribution in [0.2, 0.25) is 0 Å². The number of hydrogen-bond acceptors (Lipinski definition) is 2. The molecule has 0 rings (SSSR count). The molecule has 2 N–H and O–H groups in total. The monoisotopic (exact) mass is 229 g/mol. The maximum Gasteiger partial charge on any atom is 0.222 e. The Kier molecular flexibility index (Phi) is 6.65. The Bertz CT molecular complexity index is 214. The van der Waals surface area contributed by atoms with Gasteiger partial charge in [-0.2, -0.15) is 0 Å². The molecule has 3 nitrogen and oxygen atoms in total. The van der Waals surface area contributed by atoms with Crippen LogP contribution in [0.3, 0.4) is 0 Å². The molecule has 96 valence electrons. The van der Waals surface area contributed by atoms with E-state index in [1.54, 1.807) is 6.92 Å². The highest BCUT2D eigenvalue weighted by Crippen LogP contribution is 2.19. The molecule has 0 saturated heterocycles. The largest absolute Gasteiger partial charge is 0.388 e. The van der Waals surface area contributed by atoms with Gasteiger partial charge in [0.1, 0.15) is 0 Å². The lowest BCUT2D eigenvalue weighted by atomic mass is 9.88. The zero-order chi connectivity index (χ0) is 12.8. The second kappa shape index (κ2) is 6.89. The maximum atomic E-state index is 11.7. The summed E-state index contributed by atoms with van der Waals surface area (Å²) in [5.74, 6) is 0.275. The van der Waals surface area contributed by atoms with Crippen LogP contribution in [0.25, 0.3) is 0 Å². The van der Waals surface area contributed by atoms with E-state index in [1.807, 2.05) is 20.8 Å². The molecular weight excluding hydrogens is 202 g/mol. The molecule has 16 heavy (non-hydrogen) atoms. The minimum absolute atomic E-state index is 0.0396. The molecule has 0 aromatic heterocycles. The van der Waals surface area contributed by atoms with Crippen molar-refractivity contribution >= 4 is 5.91 Å². The Morgan fingerprint density at radius 3 is 2.38 bits per heavy atom. The molecular formula is C13H27NO2. The molecule has 0 aliphatic carbocycles. The Balaban J connectivity index is 4.08. The SMILES string of the molecule is CCCC(C)C(=O)NCC(C)(O)C(C)CC. The lowest BCUT2D eigenvalue weighted by molar-refractivity contribution is -0.126. The standard InChI is InChI=1S/C13H27NO2/c1-6-8-10(3)12(15)14-9-13(5,16)11(4)7-2/h10-11,16H,6-9H2,1-5H3,(H,14,15). The Morgan fingerprint density at radius 1 is 1.38 bits per heavy atom. The fourth-order valence-electron chi connectivity index (χ4n) is 1.62. The Hall–Kier alpha value is -0.570. The van der Waals surface area contributed by atoms with Crippen LogP contribution >= 0.6 is 0 Å². The first-order chi connectivity index (χ1) is 7.35. The van der Waals surface area contributed by atoms with Crippen molar-refractivity contribution in [3.05, 3.63) is 0 Å². The summed E-state index contributed by atoms with van der Waals surface area (Å²) in [6.07, 6.45) is 2.82. The van der Waals surface area contributed by atoms with Gasteiger partial charge in [0, 0.05) is 12.5 Å². The smallest absolute Gasteiger partial charge is 0.222 e. The van der Waals surface area contributed by atoms with Gasteiger partial charge in [0.15, 0.2) is 0 Å². The lowest BCUT2D eigenvalue weighted by Crippen LogP contribution is -2.46. The molecule has 3 unspecified atom stereocenters. The molecule has 1 amide bonds. The van der Waals surface area contributed by atoms with E-state index in [1.165, 1.54) is 0 Å². The molecule has 3 heteroatoms. The number of amides is 1. The average Bonchev–Trinajstić information content (AvgIpc) is 2.25. The third kappa shape index (κ3) is 4.97. The van der Waals surface area contributed by atoms with Crippen molar-refractivity contribution in [3.8, 4) is 0 Å².